The second-order valence-corrected chi connectivity index (χ2v) is 11.4. The number of thioether (sulfide) groups is 1. The quantitative estimate of drug-likeness (QED) is 0.475. The van der Waals surface area contributed by atoms with Crippen LogP contribution in [-0.4, -0.2) is 42.4 Å². The topological polar surface area (TPSA) is 143 Å². The highest BCUT2D eigenvalue weighted by Gasteiger charge is 2.43. The Balaban J connectivity index is 1.66. The van der Waals surface area contributed by atoms with E-state index in [2.05, 4.69) is 11.4 Å². The van der Waals surface area contributed by atoms with Crippen LogP contribution in [0.1, 0.15) is 42.5 Å². The van der Waals surface area contributed by atoms with Crippen LogP contribution in [0.3, 0.4) is 0 Å². The van der Waals surface area contributed by atoms with Crippen LogP contribution in [0.15, 0.2) is 16.5 Å². The van der Waals surface area contributed by atoms with Gasteiger partial charge in [0, 0.05) is 11.9 Å². The van der Waals surface area contributed by atoms with Gasteiger partial charge < -0.3 is 15.5 Å². The molecule has 30 heavy (non-hydrogen) atoms. The molecule has 11 heteroatoms. The fourth-order valence-electron chi connectivity index (χ4n) is 4.11. The Labute approximate surface area is 179 Å². The molecule has 0 bridgehead atoms. The molecule has 1 heterocycles. The van der Waals surface area contributed by atoms with Gasteiger partial charge in [0.1, 0.15) is 9.61 Å². The van der Waals surface area contributed by atoms with E-state index in [1.165, 1.54) is 36.1 Å². The van der Waals surface area contributed by atoms with Crippen LogP contribution in [0.5, 0.6) is 0 Å². The number of hydrogen-bond acceptors (Lipinski definition) is 6. The summed E-state index contributed by atoms with van der Waals surface area (Å²) in [5, 5.41) is 21.6. The van der Waals surface area contributed by atoms with Gasteiger partial charge in [-0.2, -0.15) is 0 Å². The molecular formula is C19H24N4O5S2. The first-order chi connectivity index (χ1) is 14.0. The van der Waals surface area contributed by atoms with E-state index in [0.717, 1.165) is 60.7 Å². The van der Waals surface area contributed by atoms with E-state index in [1.807, 2.05) is 0 Å². The van der Waals surface area contributed by atoms with Gasteiger partial charge in [-0.1, -0.05) is 17.8 Å². The summed E-state index contributed by atoms with van der Waals surface area (Å²) in [5.74, 6) is 0. The number of nitrogens with zero attached hydrogens (tertiary/aromatic N) is 1. The Morgan fingerprint density at radius 1 is 1.23 bits per heavy atom. The zero-order valence-electron chi connectivity index (χ0n) is 16.7. The molecule has 1 aliphatic heterocycles. The number of anilines is 1. The monoisotopic (exact) mass is 452 g/mol. The molecule has 0 fully saturated rings. The first-order valence-electron chi connectivity index (χ1n) is 9.63. The molecule has 1 aromatic carbocycles. The molecular weight excluding hydrogens is 428 g/mol. The van der Waals surface area contributed by atoms with Crippen molar-refractivity contribution in [3.8, 4) is 0 Å². The van der Waals surface area contributed by atoms with Gasteiger partial charge >= 0.3 is 12.1 Å². The summed E-state index contributed by atoms with van der Waals surface area (Å²) in [6.07, 6.45) is 4.41. The number of amides is 3. The number of carbonyl (C=O) groups excluding carboxylic acids is 1. The van der Waals surface area contributed by atoms with Gasteiger partial charge in [0.15, 0.2) is 9.92 Å². The lowest BCUT2D eigenvalue weighted by Gasteiger charge is -2.33. The second kappa shape index (κ2) is 7.17. The molecule has 0 saturated heterocycles. The smallest absolute Gasteiger partial charge is 0.417 e. The van der Waals surface area contributed by atoms with E-state index in [0.29, 0.717) is 0 Å². The third kappa shape index (κ3) is 3.65. The predicted molar refractivity (Wildman–Crippen MR) is 115 cm³/mol. The molecule has 2 aliphatic carbocycles. The van der Waals surface area contributed by atoms with Gasteiger partial charge in [0.05, 0.1) is 5.60 Å². The summed E-state index contributed by atoms with van der Waals surface area (Å²) in [4.78, 5) is 25.3. The number of rotatable bonds is 4. The average molecular weight is 453 g/mol. The van der Waals surface area contributed by atoms with Crippen LogP contribution < -0.4 is 10.0 Å². The Morgan fingerprint density at radius 3 is 2.50 bits per heavy atom. The Hall–Kier alpha value is -2.24. The van der Waals surface area contributed by atoms with Crippen molar-refractivity contribution in [2.45, 2.75) is 56.9 Å². The standard InChI is InChI=1S/C19H24N4O5S2/c1-19(2,27)16-23(9-14(29-16)30(20,28)22-18(25)26)17(24)21-15-12-5-3-4-10(12)8-11-6-7-13(11)15/h8-9,16,27H,3-7H2,1-2H3,(H,21,24)(H,25,26)(H2,20,22,28)/t16-,30-/m1/s1. The summed E-state index contributed by atoms with van der Waals surface area (Å²) in [7, 11) is -3.86. The van der Waals surface area contributed by atoms with E-state index in [9.17, 15) is 18.9 Å². The largest absolute Gasteiger partial charge is 0.464 e. The summed E-state index contributed by atoms with van der Waals surface area (Å²) in [6.45, 7) is 3.01. The highest BCUT2D eigenvalue weighted by Crippen LogP contribution is 2.43. The number of carboxylic acid groups (broad SMARTS) is 1. The molecule has 1 aromatic rings. The third-order valence-electron chi connectivity index (χ3n) is 5.55. The van der Waals surface area contributed by atoms with Crippen LogP contribution in [-0.2, 0) is 35.6 Å². The first-order valence-corrected chi connectivity index (χ1v) is 12.1. The molecule has 0 saturated carbocycles. The van der Waals surface area contributed by atoms with Gasteiger partial charge in [-0.3, -0.25) is 4.90 Å². The number of urea groups is 1. The molecule has 2 atom stereocenters. The summed E-state index contributed by atoms with van der Waals surface area (Å²) >= 11 is 0.848. The van der Waals surface area contributed by atoms with Crippen molar-refractivity contribution in [1.82, 2.24) is 9.62 Å². The number of aryl methyl sites for hydroxylation is 2. The minimum absolute atomic E-state index is 0.126. The third-order valence-corrected chi connectivity index (χ3v) is 9.05. The van der Waals surface area contributed by atoms with Gasteiger partial charge in [0.25, 0.3) is 0 Å². The molecule has 5 N–H and O–H groups in total. The van der Waals surface area contributed by atoms with Crippen molar-refractivity contribution in [2.75, 3.05) is 5.32 Å². The second-order valence-electron chi connectivity index (χ2n) is 8.25. The zero-order chi connectivity index (χ0) is 21.8. The lowest BCUT2D eigenvalue weighted by molar-refractivity contribution is 0.0470. The van der Waals surface area contributed by atoms with Crippen molar-refractivity contribution in [3.63, 3.8) is 0 Å². The van der Waals surface area contributed by atoms with E-state index >= 15 is 0 Å². The normalized spacial score (nSPS) is 21.8. The molecule has 162 valence electrons. The molecule has 0 unspecified atom stereocenters. The van der Waals surface area contributed by atoms with Crippen LogP contribution in [0.4, 0.5) is 15.3 Å². The van der Waals surface area contributed by atoms with Crippen molar-refractivity contribution in [3.05, 3.63) is 38.8 Å². The number of carbonyl (C=O) groups is 2. The molecule has 0 spiro atoms. The molecule has 4 rings (SSSR count). The SMILES string of the molecule is CC(C)(O)[C@H]1SC([S@](=N)(=O)NC(=O)O)=CN1C(=O)Nc1c2c(cc3c1CC3)CCC2. The van der Waals surface area contributed by atoms with E-state index < -0.39 is 33.0 Å². The van der Waals surface area contributed by atoms with Gasteiger partial charge in [-0.25, -0.2) is 23.3 Å². The molecule has 0 aromatic heterocycles. The Bertz CT molecular complexity index is 1080. The Kier molecular flexibility index (Phi) is 5.02. The molecule has 3 aliphatic rings. The number of nitrogens with one attached hydrogen (secondary N) is 3. The Morgan fingerprint density at radius 2 is 1.90 bits per heavy atom. The number of aliphatic hydroxyl groups is 1. The van der Waals surface area contributed by atoms with Gasteiger partial charge in [-0.15, -0.1) is 0 Å². The van der Waals surface area contributed by atoms with Gasteiger partial charge in [-0.05, 0) is 68.2 Å². The van der Waals surface area contributed by atoms with Crippen molar-refractivity contribution < 1.29 is 24.0 Å². The van der Waals surface area contributed by atoms with E-state index in [1.54, 1.807) is 4.72 Å². The van der Waals surface area contributed by atoms with Crippen molar-refractivity contribution in [1.29, 1.82) is 4.78 Å². The first kappa shape index (κ1) is 21.0. The number of hydrogen-bond donors (Lipinski definition) is 5. The lowest BCUT2D eigenvalue weighted by atomic mass is 9.83. The fourth-order valence-corrected chi connectivity index (χ4v) is 6.61. The maximum absolute atomic E-state index is 13.2. The minimum atomic E-state index is -3.86. The highest BCUT2D eigenvalue weighted by molar-refractivity contribution is 8.19. The summed E-state index contributed by atoms with van der Waals surface area (Å²) in [5.41, 5.74) is 4.23. The maximum Gasteiger partial charge on any atom is 0.417 e. The molecule has 0 radical (unpaired) electrons. The van der Waals surface area contributed by atoms with Crippen LogP contribution in [0, 0.1) is 4.78 Å². The summed E-state index contributed by atoms with van der Waals surface area (Å²) < 4.78 is 21.9. The van der Waals surface area contributed by atoms with Crippen molar-refractivity contribution >= 4 is 39.5 Å². The summed E-state index contributed by atoms with van der Waals surface area (Å²) in [6, 6.07) is 1.72. The predicted octanol–water partition coefficient (Wildman–Crippen LogP) is 2.98. The molecule has 9 nitrogen and oxygen atoms in total. The maximum atomic E-state index is 13.2. The number of fused-ring (bicyclic) bond motifs is 2. The van der Waals surface area contributed by atoms with Crippen LogP contribution >= 0.6 is 11.8 Å². The number of benzene rings is 1. The minimum Gasteiger partial charge on any atom is -0.464 e. The fraction of sp³-hybridized carbons (Fsp3) is 0.474. The zero-order valence-corrected chi connectivity index (χ0v) is 18.3. The van der Waals surface area contributed by atoms with Crippen LogP contribution in [0.25, 0.3) is 0 Å². The average Bonchev–Trinajstić information content (AvgIpc) is 3.23. The van der Waals surface area contributed by atoms with Gasteiger partial charge in [0.2, 0.25) is 0 Å². The molecule has 3 amide bonds. The van der Waals surface area contributed by atoms with E-state index in [-0.39, 0.29) is 4.24 Å². The van der Waals surface area contributed by atoms with Crippen LogP contribution in [0.2, 0.25) is 0 Å². The van der Waals surface area contributed by atoms with E-state index in [4.69, 9.17) is 9.89 Å². The lowest BCUT2D eigenvalue weighted by Crippen LogP contribution is -2.47. The van der Waals surface area contributed by atoms with Crippen molar-refractivity contribution in [2.24, 2.45) is 0 Å². The highest BCUT2D eigenvalue weighted by atomic mass is 32.3.